The van der Waals surface area contributed by atoms with Crippen LogP contribution in [0.3, 0.4) is 0 Å². The summed E-state index contributed by atoms with van der Waals surface area (Å²) in [5.41, 5.74) is 1.40. The molecule has 2 aromatic carbocycles. The molecule has 0 spiro atoms. The Morgan fingerprint density at radius 3 is 2.39 bits per heavy atom. The molecule has 1 N–H and O–H groups in total. The lowest BCUT2D eigenvalue weighted by atomic mass is 10.2. The summed E-state index contributed by atoms with van der Waals surface area (Å²) >= 11 is 3.35. The molecule has 120 valence electrons. The number of para-hydroxylation sites is 1. The maximum Gasteiger partial charge on any atom is 0.244 e. The Balaban J connectivity index is 2.01. The maximum absolute atomic E-state index is 12.9. The van der Waals surface area contributed by atoms with Gasteiger partial charge in [-0.25, -0.2) is 4.39 Å². The molecule has 0 bridgehead atoms. The van der Waals surface area contributed by atoms with E-state index in [9.17, 15) is 14.0 Å². The molecular weight excluding hydrogens is 363 g/mol. The second kappa shape index (κ2) is 7.87. The van der Waals surface area contributed by atoms with Gasteiger partial charge in [-0.2, -0.15) is 0 Å². The summed E-state index contributed by atoms with van der Waals surface area (Å²) in [4.78, 5) is 25.3. The number of nitrogens with one attached hydrogen (secondary N) is 1. The summed E-state index contributed by atoms with van der Waals surface area (Å²) in [5.74, 6) is -0.861. The molecular formula is C17H16BrFN2O2. The molecule has 2 rings (SSSR count). The third-order valence-corrected chi connectivity index (χ3v) is 3.91. The molecule has 0 aliphatic rings. The first-order valence-electron chi connectivity index (χ1n) is 7.00. The van der Waals surface area contributed by atoms with E-state index in [1.807, 2.05) is 18.2 Å². The first-order chi connectivity index (χ1) is 11.0. The van der Waals surface area contributed by atoms with Gasteiger partial charge in [0.05, 0.1) is 5.69 Å². The number of anilines is 1. The molecule has 0 saturated heterocycles. The van der Waals surface area contributed by atoms with Crippen molar-refractivity contribution in [2.45, 2.75) is 13.5 Å². The summed E-state index contributed by atoms with van der Waals surface area (Å²) in [6.07, 6.45) is 0. The lowest BCUT2D eigenvalue weighted by molar-refractivity contribution is -0.133. The number of rotatable bonds is 5. The summed E-state index contributed by atoms with van der Waals surface area (Å²) in [6, 6.07) is 13.1. The van der Waals surface area contributed by atoms with E-state index >= 15 is 0 Å². The third kappa shape index (κ3) is 5.17. The highest BCUT2D eigenvalue weighted by molar-refractivity contribution is 9.10. The second-order valence-corrected chi connectivity index (χ2v) is 5.88. The molecule has 2 aromatic rings. The zero-order valence-electron chi connectivity index (χ0n) is 12.6. The molecule has 23 heavy (non-hydrogen) atoms. The number of benzene rings is 2. The number of halogens is 2. The molecule has 6 heteroatoms. The number of nitrogens with zero attached hydrogens (tertiary/aromatic N) is 1. The molecule has 0 aliphatic heterocycles. The largest absolute Gasteiger partial charge is 0.329 e. The van der Waals surface area contributed by atoms with Gasteiger partial charge >= 0.3 is 0 Å². The van der Waals surface area contributed by atoms with Gasteiger partial charge in [0.25, 0.3) is 0 Å². The summed E-state index contributed by atoms with van der Waals surface area (Å²) in [5, 5.41) is 2.75. The van der Waals surface area contributed by atoms with Gasteiger partial charge < -0.3 is 10.2 Å². The van der Waals surface area contributed by atoms with E-state index in [0.717, 1.165) is 10.0 Å². The highest BCUT2D eigenvalue weighted by atomic mass is 79.9. The van der Waals surface area contributed by atoms with E-state index in [1.165, 1.54) is 24.0 Å². The van der Waals surface area contributed by atoms with Crippen molar-refractivity contribution >= 4 is 33.4 Å². The Bertz CT molecular complexity index is 704. The van der Waals surface area contributed by atoms with Crippen molar-refractivity contribution in [3.63, 3.8) is 0 Å². The van der Waals surface area contributed by atoms with E-state index < -0.39 is 0 Å². The van der Waals surface area contributed by atoms with E-state index in [4.69, 9.17) is 0 Å². The van der Waals surface area contributed by atoms with Crippen LogP contribution in [0.15, 0.2) is 53.0 Å². The van der Waals surface area contributed by atoms with Crippen molar-refractivity contribution in [1.29, 1.82) is 0 Å². The third-order valence-electron chi connectivity index (χ3n) is 3.21. The van der Waals surface area contributed by atoms with Crippen LogP contribution in [0.2, 0.25) is 0 Å². The van der Waals surface area contributed by atoms with E-state index in [1.54, 1.807) is 18.2 Å². The normalized spacial score (nSPS) is 10.2. The van der Waals surface area contributed by atoms with Crippen molar-refractivity contribution < 1.29 is 14.0 Å². The SMILES string of the molecule is CC(=O)N(CC(=O)Nc1ccccc1Br)Cc1ccc(F)cc1. The minimum Gasteiger partial charge on any atom is -0.329 e. The van der Waals surface area contributed by atoms with Crippen molar-refractivity contribution in [2.75, 3.05) is 11.9 Å². The molecule has 0 atom stereocenters. The molecule has 0 saturated carbocycles. The van der Waals surface area contributed by atoms with Crippen LogP contribution in [-0.4, -0.2) is 23.3 Å². The van der Waals surface area contributed by atoms with Gasteiger partial charge in [-0.15, -0.1) is 0 Å². The van der Waals surface area contributed by atoms with Crippen molar-refractivity contribution in [3.8, 4) is 0 Å². The van der Waals surface area contributed by atoms with Gasteiger partial charge in [-0.3, -0.25) is 9.59 Å². The molecule has 0 radical (unpaired) electrons. The Morgan fingerprint density at radius 2 is 1.78 bits per heavy atom. The van der Waals surface area contributed by atoms with Crippen LogP contribution in [-0.2, 0) is 16.1 Å². The molecule has 2 amide bonds. The zero-order valence-corrected chi connectivity index (χ0v) is 14.1. The zero-order chi connectivity index (χ0) is 16.8. The van der Waals surface area contributed by atoms with Crippen molar-refractivity contribution in [3.05, 3.63) is 64.4 Å². The number of hydrogen-bond acceptors (Lipinski definition) is 2. The molecule has 4 nitrogen and oxygen atoms in total. The van der Waals surface area contributed by atoms with E-state index in [2.05, 4.69) is 21.2 Å². The van der Waals surface area contributed by atoms with Gasteiger partial charge in [0.15, 0.2) is 0 Å². The average Bonchev–Trinajstić information content (AvgIpc) is 2.51. The molecule has 0 aliphatic carbocycles. The Kier molecular flexibility index (Phi) is 5.87. The van der Waals surface area contributed by atoms with Crippen LogP contribution in [0.25, 0.3) is 0 Å². The van der Waals surface area contributed by atoms with Gasteiger partial charge in [0.1, 0.15) is 12.4 Å². The minimum absolute atomic E-state index is 0.0754. The lowest BCUT2D eigenvalue weighted by Gasteiger charge is -2.21. The van der Waals surface area contributed by atoms with E-state index in [-0.39, 0.29) is 30.7 Å². The highest BCUT2D eigenvalue weighted by Crippen LogP contribution is 2.21. The van der Waals surface area contributed by atoms with Crippen molar-refractivity contribution in [1.82, 2.24) is 4.90 Å². The number of amides is 2. The summed E-state index contributed by atoms with van der Waals surface area (Å²) in [7, 11) is 0. The molecule has 0 heterocycles. The smallest absolute Gasteiger partial charge is 0.244 e. The number of hydrogen-bond donors (Lipinski definition) is 1. The predicted molar refractivity (Wildman–Crippen MR) is 90.3 cm³/mol. The van der Waals surface area contributed by atoms with Gasteiger partial charge in [-0.1, -0.05) is 24.3 Å². The van der Waals surface area contributed by atoms with Crippen LogP contribution in [0.4, 0.5) is 10.1 Å². The van der Waals surface area contributed by atoms with E-state index in [0.29, 0.717) is 5.69 Å². The lowest BCUT2D eigenvalue weighted by Crippen LogP contribution is -2.36. The van der Waals surface area contributed by atoms with Gasteiger partial charge in [0, 0.05) is 17.9 Å². The maximum atomic E-state index is 12.9. The Labute approximate surface area is 142 Å². The predicted octanol–water partition coefficient (Wildman–Crippen LogP) is 3.58. The second-order valence-electron chi connectivity index (χ2n) is 5.03. The average molecular weight is 379 g/mol. The summed E-state index contributed by atoms with van der Waals surface area (Å²) in [6.45, 7) is 1.57. The van der Waals surface area contributed by atoms with Crippen LogP contribution in [0.1, 0.15) is 12.5 Å². The monoisotopic (exact) mass is 378 g/mol. The van der Waals surface area contributed by atoms with Crippen LogP contribution >= 0.6 is 15.9 Å². The fraction of sp³-hybridized carbons (Fsp3) is 0.176. The molecule has 0 unspecified atom stereocenters. The standard InChI is InChI=1S/C17H16BrFN2O2/c1-12(22)21(10-13-6-8-14(19)9-7-13)11-17(23)20-16-5-3-2-4-15(16)18/h2-9H,10-11H2,1H3,(H,20,23). The Morgan fingerprint density at radius 1 is 1.13 bits per heavy atom. The van der Waals surface area contributed by atoms with Crippen LogP contribution in [0.5, 0.6) is 0 Å². The summed E-state index contributed by atoms with van der Waals surface area (Å²) < 4.78 is 13.7. The highest BCUT2D eigenvalue weighted by Gasteiger charge is 2.15. The molecule has 0 aromatic heterocycles. The first kappa shape index (κ1) is 17.1. The quantitative estimate of drug-likeness (QED) is 0.864. The van der Waals surface area contributed by atoms with Crippen molar-refractivity contribution in [2.24, 2.45) is 0 Å². The first-order valence-corrected chi connectivity index (χ1v) is 7.79. The fourth-order valence-electron chi connectivity index (χ4n) is 2.01. The van der Waals surface area contributed by atoms with Gasteiger partial charge in [-0.05, 0) is 45.8 Å². The van der Waals surface area contributed by atoms with Gasteiger partial charge in [0.2, 0.25) is 11.8 Å². The minimum atomic E-state index is -0.338. The number of carbonyl (C=O) groups is 2. The van der Waals surface area contributed by atoms with Crippen LogP contribution < -0.4 is 5.32 Å². The topological polar surface area (TPSA) is 49.4 Å². The Hall–Kier alpha value is -2.21. The van der Waals surface area contributed by atoms with Crippen LogP contribution in [0, 0.1) is 5.82 Å². The molecule has 0 fully saturated rings. The number of carbonyl (C=O) groups excluding carboxylic acids is 2. The fourth-order valence-corrected chi connectivity index (χ4v) is 2.40.